The van der Waals surface area contributed by atoms with Crippen LogP contribution in [0, 0.1) is 11.6 Å². The molecule has 0 atom stereocenters. The van der Waals surface area contributed by atoms with Crippen LogP contribution in [0.15, 0.2) is 24.3 Å². The highest BCUT2D eigenvalue weighted by Crippen LogP contribution is 2.28. The van der Waals surface area contributed by atoms with Crippen molar-refractivity contribution in [2.24, 2.45) is 0 Å². The summed E-state index contributed by atoms with van der Waals surface area (Å²) >= 11 is 1.41. The van der Waals surface area contributed by atoms with Gasteiger partial charge in [-0.2, -0.15) is 0 Å². The zero-order valence-electron chi connectivity index (χ0n) is 12.8. The van der Waals surface area contributed by atoms with Crippen molar-refractivity contribution in [3.63, 3.8) is 0 Å². The fraction of sp³-hybridized carbons (Fsp3) is 0.294. The van der Waals surface area contributed by atoms with Gasteiger partial charge in [-0.25, -0.2) is 8.78 Å². The summed E-state index contributed by atoms with van der Waals surface area (Å²) in [6.45, 7) is 0. The third-order valence-electron chi connectivity index (χ3n) is 3.93. The van der Waals surface area contributed by atoms with E-state index in [4.69, 9.17) is 0 Å². The van der Waals surface area contributed by atoms with Crippen LogP contribution >= 0.6 is 11.3 Å². The van der Waals surface area contributed by atoms with E-state index in [2.05, 4.69) is 10.9 Å². The topological polar surface area (TPSA) is 58.2 Å². The van der Waals surface area contributed by atoms with Crippen LogP contribution in [-0.4, -0.2) is 11.8 Å². The van der Waals surface area contributed by atoms with Crippen molar-refractivity contribution in [2.75, 3.05) is 0 Å². The number of rotatable bonds is 2. The largest absolute Gasteiger partial charge is 0.279 e. The van der Waals surface area contributed by atoms with E-state index in [9.17, 15) is 18.4 Å². The molecule has 0 saturated heterocycles. The molecule has 2 aromatic rings. The van der Waals surface area contributed by atoms with Crippen LogP contribution in [0.3, 0.4) is 0 Å². The summed E-state index contributed by atoms with van der Waals surface area (Å²) in [7, 11) is 0. The number of hydrazine groups is 1. The number of carbonyl (C=O) groups is 2. The first-order valence-electron chi connectivity index (χ1n) is 7.72. The van der Waals surface area contributed by atoms with Gasteiger partial charge in [-0.3, -0.25) is 20.4 Å². The Labute approximate surface area is 141 Å². The Bertz CT molecular complexity index is 765. The first-order valence-corrected chi connectivity index (χ1v) is 8.53. The van der Waals surface area contributed by atoms with Crippen molar-refractivity contribution in [1.82, 2.24) is 10.9 Å². The van der Waals surface area contributed by atoms with Crippen LogP contribution in [0.2, 0.25) is 0 Å². The van der Waals surface area contributed by atoms with Gasteiger partial charge in [0.25, 0.3) is 11.8 Å². The second kappa shape index (κ2) is 7.09. The summed E-state index contributed by atoms with van der Waals surface area (Å²) < 4.78 is 26.6. The second-order valence-corrected chi connectivity index (χ2v) is 6.79. The Morgan fingerprint density at radius 1 is 0.958 bits per heavy atom. The molecule has 7 heteroatoms. The van der Waals surface area contributed by atoms with Crippen molar-refractivity contribution < 1.29 is 18.4 Å². The predicted octanol–water partition coefficient (Wildman–Crippen LogP) is 3.37. The van der Waals surface area contributed by atoms with Gasteiger partial charge in [-0.15, -0.1) is 11.3 Å². The molecule has 2 amide bonds. The van der Waals surface area contributed by atoms with Crippen LogP contribution < -0.4 is 10.9 Å². The maximum Gasteiger partial charge on any atom is 0.279 e. The minimum atomic E-state index is -0.904. The number of hydrogen-bond donors (Lipinski definition) is 2. The first-order chi connectivity index (χ1) is 11.5. The molecule has 0 spiro atoms. The van der Waals surface area contributed by atoms with Gasteiger partial charge >= 0.3 is 0 Å². The molecule has 1 heterocycles. The number of hydrogen-bond acceptors (Lipinski definition) is 3. The minimum absolute atomic E-state index is 0.460. The summed E-state index contributed by atoms with van der Waals surface area (Å²) in [6.07, 6.45) is 5.34. The van der Waals surface area contributed by atoms with Gasteiger partial charge in [-0.1, -0.05) is 6.42 Å². The SMILES string of the molecule is O=C(NNC(=O)c1cc(F)ccc1F)c1cc2c(s1)CCCCC2. The highest BCUT2D eigenvalue weighted by Gasteiger charge is 2.18. The lowest BCUT2D eigenvalue weighted by atomic mass is 10.1. The van der Waals surface area contributed by atoms with E-state index in [-0.39, 0.29) is 0 Å². The Balaban J connectivity index is 1.65. The summed E-state index contributed by atoms with van der Waals surface area (Å²) in [5.74, 6) is -2.95. The number of thiophene rings is 1. The Morgan fingerprint density at radius 2 is 1.71 bits per heavy atom. The molecule has 0 bridgehead atoms. The van der Waals surface area contributed by atoms with Crippen LogP contribution in [0.5, 0.6) is 0 Å². The van der Waals surface area contributed by atoms with E-state index in [0.29, 0.717) is 4.88 Å². The number of carbonyl (C=O) groups excluding carboxylic acids is 2. The first kappa shape index (κ1) is 16.6. The van der Waals surface area contributed by atoms with Crippen molar-refractivity contribution in [3.05, 3.63) is 56.8 Å². The summed E-state index contributed by atoms with van der Waals surface area (Å²) in [4.78, 5) is 25.7. The summed E-state index contributed by atoms with van der Waals surface area (Å²) in [6, 6.07) is 4.41. The van der Waals surface area contributed by atoms with Crippen molar-refractivity contribution in [3.8, 4) is 0 Å². The molecule has 0 unspecified atom stereocenters. The lowest BCUT2D eigenvalue weighted by molar-refractivity contribution is 0.0846. The highest BCUT2D eigenvalue weighted by molar-refractivity contribution is 7.14. The second-order valence-electron chi connectivity index (χ2n) is 5.65. The zero-order chi connectivity index (χ0) is 17.1. The normalized spacial score (nSPS) is 13.8. The molecular formula is C17H16F2N2O2S. The molecule has 24 heavy (non-hydrogen) atoms. The van der Waals surface area contributed by atoms with Crippen molar-refractivity contribution in [1.29, 1.82) is 0 Å². The van der Waals surface area contributed by atoms with Gasteiger partial charge in [0, 0.05) is 4.88 Å². The molecule has 0 aliphatic heterocycles. The van der Waals surface area contributed by atoms with Gasteiger partial charge in [0.05, 0.1) is 10.4 Å². The van der Waals surface area contributed by atoms with Crippen LogP contribution in [0.1, 0.15) is 49.7 Å². The monoisotopic (exact) mass is 350 g/mol. The van der Waals surface area contributed by atoms with Crippen LogP contribution in [-0.2, 0) is 12.8 Å². The van der Waals surface area contributed by atoms with Gasteiger partial charge in [-0.05, 0) is 55.5 Å². The van der Waals surface area contributed by atoms with E-state index in [1.807, 2.05) is 6.07 Å². The molecule has 0 radical (unpaired) electrons. The molecule has 3 rings (SSSR count). The van der Waals surface area contributed by atoms with Gasteiger partial charge in [0.2, 0.25) is 0 Å². The smallest absolute Gasteiger partial charge is 0.267 e. The standard InChI is InChI=1S/C17H16F2N2O2S/c18-11-6-7-13(19)12(9-11)16(22)20-21-17(23)15-8-10-4-2-1-3-5-14(10)24-15/h6-9H,1-5H2,(H,20,22)(H,21,23). The third kappa shape index (κ3) is 3.62. The fourth-order valence-corrected chi connectivity index (χ4v) is 3.84. The molecule has 0 fully saturated rings. The van der Waals surface area contributed by atoms with E-state index >= 15 is 0 Å². The molecule has 1 aromatic heterocycles. The molecule has 1 aliphatic carbocycles. The number of benzene rings is 1. The van der Waals surface area contributed by atoms with Gasteiger partial charge < -0.3 is 0 Å². The Kier molecular flexibility index (Phi) is 4.89. The van der Waals surface area contributed by atoms with Crippen LogP contribution in [0.25, 0.3) is 0 Å². The summed E-state index contributed by atoms with van der Waals surface area (Å²) in [5, 5.41) is 0. The lowest BCUT2D eigenvalue weighted by Gasteiger charge is -2.07. The average Bonchev–Trinajstić information content (AvgIpc) is 2.85. The Hall–Kier alpha value is -2.28. The third-order valence-corrected chi connectivity index (χ3v) is 5.17. The number of fused-ring (bicyclic) bond motifs is 1. The van der Waals surface area contributed by atoms with Gasteiger partial charge in [0.15, 0.2) is 0 Å². The molecule has 2 N–H and O–H groups in total. The highest BCUT2D eigenvalue weighted by atomic mass is 32.1. The van der Waals surface area contributed by atoms with Gasteiger partial charge in [0.1, 0.15) is 11.6 Å². The quantitative estimate of drug-likeness (QED) is 0.644. The van der Waals surface area contributed by atoms with E-state index < -0.39 is 29.0 Å². The van der Waals surface area contributed by atoms with Crippen molar-refractivity contribution in [2.45, 2.75) is 32.1 Å². The Morgan fingerprint density at radius 3 is 2.54 bits per heavy atom. The van der Waals surface area contributed by atoms with E-state index in [1.165, 1.54) is 28.2 Å². The molecular weight excluding hydrogens is 334 g/mol. The van der Waals surface area contributed by atoms with Crippen molar-refractivity contribution >= 4 is 23.2 Å². The number of halogens is 2. The average molecular weight is 350 g/mol. The maximum atomic E-state index is 13.5. The molecule has 1 aliphatic rings. The molecule has 126 valence electrons. The fourth-order valence-electron chi connectivity index (χ4n) is 2.69. The molecule has 4 nitrogen and oxygen atoms in total. The molecule has 1 aromatic carbocycles. The van der Waals surface area contributed by atoms with E-state index in [1.54, 1.807) is 0 Å². The minimum Gasteiger partial charge on any atom is -0.267 e. The van der Waals surface area contributed by atoms with Crippen LogP contribution in [0.4, 0.5) is 8.78 Å². The predicted molar refractivity (Wildman–Crippen MR) is 86.9 cm³/mol. The number of amides is 2. The lowest BCUT2D eigenvalue weighted by Crippen LogP contribution is -2.41. The summed E-state index contributed by atoms with van der Waals surface area (Å²) in [5.41, 5.74) is 5.10. The maximum absolute atomic E-state index is 13.5. The number of nitrogens with one attached hydrogen (secondary N) is 2. The van der Waals surface area contributed by atoms with E-state index in [0.717, 1.165) is 43.9 Å². The zero-order valence-corrected chi connectivity index (χ0v) is 13.6. The number of aryl methyl sites for hydroxylation is 2. The molecule has 0 saturated carbocycles.